The van der Waals surface area contributed by atoms with E-state index in [-0.39, 0.29) is 31.1 Å². The Labute approximate surface area is 166 Å². The topological polar surface area (TPSA) is 118 Å². The lowest BCUT2D eigenvalue weighted by Crippen LogP contribution is -2.47. The van der Waals surface area contributed by atoms with Crippen LogP contribution in [0.3, 0.4) is 0 Å². The molecule has 1 fully saturated rings. The van der Waals surface area contributed by atoms with E-state index in [9.17, 15) is 18.0 Å². The molecule has 0 spiro atoms. The van der Waals surface area contributed by atoms with Crippen molar-refractivity contribution in [1.82, 2.24) is 14.9 Å². The average molecular weight is 428 g/mol. The van der Waals surface area contributed by atoms with Crippen molar-refractivity contribution in [3.8, 4) is 0 Å². The monoisotopic (exact) mass is 427 g/mol. The van der Waals surface area contributed by atoms with Crippen LogP contribution in [0, 0.1) is 0 Å². The molecule has 11 heteroatoms. The molecule has 0 bridgehead atoms. The fraction of sp³-hybridized carbons (Fsp3) is 0.294. The van der Waals surface area contributed by atoms with Gasteiger partial charge in [0.05, 0.1) is 30.9 Å². The Kier molecular flexibility index (Phi) is 6.35. The Morgan fingerprint density at radius 1 is 1.14 bits per heavy atom. The summed E-state index contributed by atoms with van der Waals surface area (Å²) >= 11 is 5.80. The van der Waals surface area contributed by atoms with Crippen LogP contribution in [0.4, 0.5) is 0 Å². The third-order valence-corrected chi connectivity index (χ3v) is 6.17. The number of halogens is 1. The molecule has 0 aliphatic carbocycles. The number of rotatable bonds is 6. The van der Waals surface area contributed by atoms with Gasteiger partial charge in [-0.25, -0.2) is 8.42 Å². The Hall–Kier alpha value is -2.40. The molecule has 1 aromatic heterocycles. The first-order valence-corrected chi connectivity index (χ1v) is 10.2. The van der Waals surface area contributed by atoms with E-state index in [1.807, 2.05) is 0 Å². The van der Waals surface area contributed by atoms with Crippen molar-refractivity contribution in [2.24, 2.45) is 0 Å². The van der Waals surface area contributed by atoms with E-state index in [4.69, 9.17) is 20.8 Å². The highest BCUT2D eigenvalue weighted by Gasteiger charge is 2.36. The van der Waals surface area contributed by atoms with Gasteiger partial charge in [0, 0.05) is 11.6 Å². The van der Waals surface area contributed by atoms with E-state index >= 15 is 0 Å². The quantitative estimate of drug-likeness (QED) is 0.655. The van der Waals surface area contributed by atoms with E-state index in [0.29, 0.717) is 10.8 Å². The lowest BCUT2D eigenvalue weighted by atomic mass is 10.4. The fourth-order valence-electron chi connectivity index (χ4n) is 2.60. The van der Waals surface area contributed by atoms with E-state index in [0.717, 1.165) is 4.31 Å². The molecule has 1 aliphatic rings. The minimum Gasteiger partial charge on any atom is -0.467 e. The first kappa shape index (κ1) is 20.3. The van der Waals surface area contributed by atoms with Gasteiger partial charge in [0.1, 0.15) is 12.0 Å². The van der Waals surface area contributed by atoms with Crippen molar-refractivity contribution in [2.45, 2.75) is 17.7 Å². The van der Waals surface area contributed by atoms with E-state index in [2.05, 4.69) is 10.6 Å². The highest BCUT2D eigenvalue weighted by atomic mass is 35.5. The number of carbonyl (C=O) groups is 2. The number of hydrogen-bond acceptors (Lipinski definition) is 6. The van der Waals surface area contributed by atoms with Gasteiger partial charge < -0.3 is 19.8 Å². The predicted molar refractivity (Wildman–Crippen MR) is 98.6 cm³/mol. The maximum Gasteiger partial charge on any atom is 0.309 e. The SMILES string of the molecule is O=C(NCc1ccco1)C(=O)NC[C@H]1OCCN1S(=O)(=O)c1ccc(Cl)cc1. The van der Waals surface area contributed by atoms with Crippen LogP contribution < -0.4 is 10.6 Å². The van der Waals surface area contributed by atoms with Gasteiger partial charge in [-0.1, -0.05) is 11.6 Å². The lowest BCUT2D eigenvalue weighted by Gasteiger charge is -2.22. The summed E-state index contributed by atoms with van der Waals surface area (Å²) in [5.41, 5.74) is 0. The van der Waals surface area contributed by atoms with Crippen molar-refractivity contribution in [1.29, 1.82) is 0 Å². The number of ether oxygens (including phenoxy) is 1. The molecule has 2 heterocycles. The number of benzene rings is 1. The fourth-order valence-corrected chi connectivity index (χ4v) is 4.24. The summed E-state index contributed by atoms with van der Waals surface area (Å²) in [4.78, 5) is 23.8. The van der Waals surface area contributed by atoms with Crippen LogP contribution in [0.1, 0.15) is 5.76 Å². The number of carbonyl (C=O) groups excluding carboxylic acids is 2. The summed E-state index contributed by atoms with van der Waals surface area (Å²) in [6.07, 6.45) is 0.539. The summed E-state index contributed by atoms with van der Waals surface area (Å²) in [5, 5.41) is 5.20. The number of sulfonamides is 1. The predicted octanol–water partition coefficient (Wildman–Crippen LogP) is 0.713. The third kappa shape index (κ3) is 4.71. The van der Waals surface area contributed by atoms with Crippen LogP contribution in [0.15, 0.2) is 52.0 Å². The van der Waals surface area contributed by atoms with Gasteiger partial charge in [-0.2, -0.15) is 4.31 Å². The molecule has 0 radical (unpaired) electrons. The molecule has 150 valence electrons. The number of furan rings is 1. The molecule has 1 aromatic carbocycles. The molecule has 9 nitrogen and oxygen atoms in total. The van der Waals surface area contributed by atoms with Gasteiger partial charge in [0.15, 0.2) is 0 Å². The zero-order valence-electron chi connectivity index (χ0n) is 14.6. The van der Waals surface area contributed by atoms with Gasteiger partial charge in [-0.15, -0.1) is 0 Å². The van der Waals surface area contributed by atoms with Gasteiger partial charge in [-0.3, -0.25) is 9.59 Å². The molecule has 3 rings (SSSR count). The normalized spacial score (nSPS) is 17.4. The maximum absolute atomic E-state index is 12.8. The number of hydrogen-bond donors (Lipinski definition) is 2. The van der Waals surface area contributed by atoms with E-state index in [1.165, 1.54) is 30.5 Å². The van der Waals surface area contributed by atoms with Gasteiger partial charge >= 0.3 is 11.8 Å². The van der Waals surface area contributed by atoms with Gasteiger partial charge in [0.2, 0.25) is 10.0 Å². The molecular weight excluding hydrogens is 410 g/mol. The Bertz CT molecular complexity index is 930. The van der Waals surface area contributed by atoms with Crippen LogP contribution in [-0.4, -0.2) is 50.5 Å². The number of nitrogens with zero attached hydrogens (tertiary/aromatic N) is 1. The number of amides is 2. The molecule has 2 N–H and O–H groups in total. The van der Waals surface area contributed by atoms with E-state index in [1.54, 1.807) is 12.1 Å². The van der Waals surface area contributed by atoms with Crippen molar-refractivity contribution in [3.63, 3.8) is 0 Å². The second-order valence-electron chi connectivity index (χ2n) is 5.87. The summed E-state index contributed by atoms with van der Waals surface area (Å²) < 4.78 is 37.1. The lowest BCUT2D eigenvalue weighted by molar-refractivity contribution is -0.139. The smallest absolute Gasteiger partial charge is 0.309 e. The van der Waals surface area contributed by atoms with Crippen molar-refractivity contribution in [3.05, 3.63) is 53.4 Å². The maximum atomic E-state index is 12.8. The minimum atomic E-state index is -3.83. The van der Waals surface area contributed by atoms with Gasteiger partial charge in [0.25, 0.3) is 0 Å². The number of nitrogens with one attached hydrogen (secondary N) is 2. The van der Waals surface area contributed by atoms with Crippen LogP contribution >= 0.6 is 11.6 Å². The molecule has 1 saturated heterocycles. The molecule has 2 amide bonds. The highest BCUT2D eigenvalue weighted by molar-refractivity contribution is 7.89. The average Bonchev–Trinajstić information content (AvgIpc) is 3.36. The molecular formula is C17H18ClN3O6S. The molecule has 0 saturated carbocycles. The second-order valence-corrected chi connectivity index (χ2v) is 8.19. The van der Waals surface area contributed by atoms with Crippen molar-refractivity contribution < 1.29 is 27.2 Å². The highest BCUT2D eigenvalue weighted by Crippen LogP contribution is 2.23. The minimum absolute atomic E-state index is 0.0647. The first-order valence-electron chi connectivity index (χ1n) is 8.35. The largest absolute Gasteiger partial charge is 0.467 e. The van der Waals surface area contributed by atoms with Crippen LogP contribution in [0.25, 0.3) is 0 Å². The molecule has 2 aromatic rings. The Balaban J connectivity index is 1.56. The van der Waals surface area contributed by atoms with Crippen LogP contribution in [0.2, 0.25) is 5.02 Å². The van der Waals surface area contributed by atoms with Crippen LogP contribution in [0.5, 0.6) is 0 Å². The third-order valence-electron chi connectivity index (χ3n) is 4.01. The first-order chi connectivity index (χ1) is 13.4. The zero-order valence-corrected chi connectivity index (χ0v) is 16.2. The molecule has 28 heavy (non-hydrogen) atoms. The van der Waals surface area contributed by atoms with E-state index < -0.39 is 28.1 Å². The molecule has 1 aliphatic heterocycles. The molecule has 1 atom stereocenters. The summed E-state index contributed by atoms with van der Waals surface area (Å²) in [6.45, 7) is 0.213. The molecule has 0 unspecified atom stereocenters. The van der Waals surface area contributed by atoms with Crippen molar-refractivity contribution >= 4 is 33.4 Å². The summed E-state index contributed by atoms with van der Waals surface area (Å²) in [5.74, 6) is -1.26. The Morgan fingerprint density at radius 2 is 1.86 bits per heavy atom. The van der Waals surface area contributed by atoms with Crippen LogP contribution in [-0.2, 0) is 30.9 Å². The standard InChI is InChI=1S/C17H18ClN3O6S/c18-12-3-5-14(6-4-12)28(24,25)21-7-9-27-15(21)11-20-17(23)16(22)19-10-13-2-1-8-26-13/h1-6,8,15H,7,9-11H2,(H,19,22)(H,20,23)/t15-/m1/s1. The summed E-state index contributed by atoms with van der Waals surface area (Å²) in [7, 11) is -3.83. The Morgan fingerprint density at radius 3 is 2.54 bits per heavy atom. The summed E-state index contributed by atoms with van der Waals surface area (Å²) in [6, 6.07) is 9.07. The van der Waals surface area contributed by atoms with Crippen molar-refractivity contribution in [2.75, 3.05) is 19.7 Å². The second kappa shape index (κ2) is 8.74. The van der Waals surface area contributed by atoms with Gasteiger partial charge in [-0.05, 0) is 36.4 Å². The zero-order chi connectivity index (χ0) is 20.1.